The SMILES string of the molecule is O=C(Oc1cc(Cl)c(Cl)cc1Cl)c1ccccc1O. The van der Waals surface area contributed by atoms with Crippen LogP contribution in [0.3, 0.4) is 0 Å². The maximum atomic E-state index is 11.9. The van der Waals surface area contributed by atoms with Gasteiger partial charge in [0.2, 0.25) is 0 Å². The van der Waals surface area contributed by atoms with Gasteiger partial charge in [-0.25, -0.2) is 4.79 Å². The van der Waals surface area contributed by atoms with Gasteiger partial charge >= 0.3 is 5.97 Å². The van der Waals surface area contributed by atoms with E-state index in [4.69, 9.17) is 39.5 Å². The minimum atomic E-state index is -0.738. The first-order valence-electron chi connectivity index (χ1n) is 5.13. The third-order valence-corrected chi connectivity index (χ3v) is 3.32. The summed E-state index contributed by atoms with van der Waals surface area (Å²) in [6, 6.07) is 8.73. The molecule has 0 fully saturated rings. The number of aromatic hydroxyl groups is 1. The average Bonchev–Trinajstić information content (AvgIpc) is 2.36. The molecule has 0 aliphatic rings. The lowest BCUT2D eigenvalue weighted by molar-refractivity contribution is 0.0732. The summed E-state index contributed by atoms with van der Waals surface area (Å²) in [5, 5.41) is 10.2. The maximum absolute atomic E-state index is 11.9. The summed E-state index contributed by atoms with van der Waals surface area (Å²) in [4.78, 5) is 11.9. The van der Waals surface area contributed by atoms with E-state index in [0.29, 0.717) is 0 Å². The molecule has 0 atom stereocenters. The lowest BCUT2D eigenvalue weighted by atomic mass is 10.2. The second-order valence-electron chi connectivity index (χ2n) is 3.60. The highest BCUT2D eigenvalue weighted by molar-refractivity contribution is 6.43. The summed E-state index contributed by atoms with van der Waals surface area (Å²) in [6.07, 6.45) is 0. The number of para-hydroxylation sites is 1. The molecule has 2 rings (SSSR count). The van der Waals surface area contributed by atoms with Gasteiger partial charge in [0.15, 0.2) is 5.75 Å². The van der Waals surface area contributed by atoms with Gasteiger partial charge < -0.3 is 9.84 Å². The Morgan fingerprint density at radius 1 is 1.00 bits per heavy atom. The van der Waals surface area contributed by atoms with Crippen LogP contribution in [0, 0.1) is 0 Å². The quantitative estimate of drug-likeness (QED) is 0.501. The van der Waals surface area contributed by atoms with Crippen LogP contribution in [0.4, 0.5) is 0 Å². The van der Waals surface area contributed by atoms with E-state index in [0.717, 1.165) is 0 Å². The van der Waals surface area contributed by atoms with E-state index in [9.17, 15) is 9.90 Å². The molecule has 0 unspecified atom stereocenters. The number of rotatable bonds is 2. The molecule has 98 valence electrons. The fourth-order valence-electron chi connectivity index (χ4n) is 1.38. The van der Waals surface area contributed by atoms with Gasteiger partial charge in [0.1, 0.15) is 11.3 Å². The van der Waals surface area contributed by atoms with Crippen LogP contribution < -0.4 is 4.74 Å². The second-order valence-corrected chi connectivity index (χ2v) is 4.83. The van der Waals surface area contributed by atoms with Crippen molar-refractivity contribution in [3.63, 3.8) is 0 Å². The Labute approximate surface area is 124 Å². The molecule has 0 bridgehead atoms. The normalized spacial score (nSPS) is 10.3. The number of halogens is 3. The zero-order chi connectivity index (χ0) is 14.0. The monoisotopic (exact) mass is 316 g/mol. The predicted octanol–water partition coefficient (Wildman–Crippen LogP) is 4.57. The summed E-state index contributed by atoms with van der Waals surface area (Å²) in [5.41, 5.74) is 0.0321. The van der Waals surface area contributed by atoms with Crippen molar-refractivity contribution in [3.05, 3.63) is 57.0 Å². The smallest absolute Gasteiger partial charge is 0.347 e. The number of esters is 1. The van der Waals surface area contributed by atoms with Crippen molar-refractivity contribution < 1.29 is 14.6 Å². The number of phenols is 1. The third kappa shape index (κ3) is 3.13. The molecule has 2 aromatic carbocycles. The Balaban J connectivity index is 2.30. The zero-order valence-electron chi connectivity index (χ0n) is 9.36. The Kier molecular flexibility index (Phi) is 4.20. The molecular weight excluding hydrogens is 310 g/mol. The summed E-state index contributed by atoms with van der Waals surface area (Å²) in [7, 11) is 0. The Morgan fingerprint density at radius 2 is 1.63 bits per heavy atom. The van der Waals surface area contributed by atoms with Crippen LogP contribution >= 0.6 is 34.8 Å². The van der Waals surface area contributed by atoms with Crippen LogP contribution in [0.15, 0.2) is 36.4 Å². The molecule has 2 aromatic rings. The molecule has 0 aliphatic carbocycles. The van der Waals surface area contributed by atoms with Crippen LogP contribution in [-0.2, 0) is 0 Å². The number of hydrogen-bond acceptors (Lipinski definition) is 3. The number of carbonyl (C=O) groups is 1. The molecule has 3 nitrogen and oxygen atoms in total. The topological polar surface area (TPSA) is 46.5 Å². The van der Waals surface area contributed by atoms with Crippen molar-refractivity contribution in [1.82, 2.24) is 0 Å². The van der Waals surface area contributed by atoms with E-state index in [1.54, 1.807) is 12.1 Å². The molecular formula is C13H7Cl3O3. The lowest BCUT2D eigenvalue weighted by Gasteiger charge is -2.08. The van der Waals surface area contributed by atoms with E-state index < -0.39 is 5.97 Å². The van der Waals surface area contributed by atoms with E-state index >= 15 is 0 Å². The first-order valence-corrected chi connectivity index (χ1v) is 6.27. The van der Waals surface area contributed by atoms with Crippen LogP contribution in [0.1, 0.15) is 10.4 Å². The molecule has 0 spiro atoms. The highest BCUT2D eigenvalue weighted by Crippen LogP contribution is 2.34. The summed E-state index contributed by atoms with van der Waals surface area (Å²) in [5.74, 6) is -0.841. The standard InChI is InChI=1S/C13H7Cl3O3/c14-8-5-10(16)12(6-9(8)15)19-13(18)7-3-1-2-4-11(7)17/h1-6,17H. The van der Waals surface area contributed by atoms with Gasteiger partial charge in [0.05, 0.1) is 15.1 Å². The van der Waals surface area contributed by atoms with Crippen molar-refractivity contribution in [3.8, 4) is 11.5 Å². The number of hydrogen-bond donors (Lipinski definition) is 1. The van der Waals surface area contributed by atoms with E-state index in [1.165, 1.54) is 24.3 Å². The molecule has 0 aromatic heterocycles. The minimum Gasteiger partial charge on any atom is -0.507 e. The second kappa shape index (κ2) is 5.70. The average molecular weight is 318 g/mol. The number of carbonyl (C=O) groups excluding carboxylic acids is 1. The van der Waals surface area contributed by atoms with E-state index in [2.05, 4.69) is 0 Å². The van der Waals surface area contributed by atoms with Crippen molar-refractivity contribution in [1.29, 1.82) is 0 Å². The van der Waals surface area contributed by atoms with Gasteiger partial charge in [-0.2, -0.15) is 0 Å². The molecule has 0 amide bonds. The van der Waals surface area contributed by atoms with Gasteiger partial charge in [-0.1, -0.05) is 46.9 Å². The molecule has 0 aliphatic heterocycles. The summed E-state index contributed by atoms with van der Waals surface area (Å²) >= 11 is 17.5. The number of phenolic OH excluding ortho intramolecular Hbond substituents is 1. The lowest BCUT2D eigenvalue weighted by Crippen LogP contribution is -2.09. The Hall–Kier alpha value is -1.42. The zero-order valence-corrected chi connectivity index (χ0v) is 11.6. The molecule has 0 saturated carbocycles. The van der Waals surface area contributed by atoms with Crippen LogP contribution in [0.5, 0.6) is 11.5 Å². The van der Waals surface area contributed by atoms with Gasteiger partial charge in [-0.15, -0.1) is 0 Å². The first-order chi connectivity index (χ1) is 8.99. The van der Waals surface area contributed by atoms with Gasteiger partial charge in [0, 0.05) is 6.07 Å². The highest BCUT2D eigenvalue weighted by Gasteiger charge is 2.15. The van der Waals surface area contributed by atoms with Crippen LogP contribution in [0.25, 0.3) is 0 Å². The van der Waals surface area contributed by atoms with Crippen LogP contribution in [-0.4, -0.2) is 11.1 Å². The number of ether oxygens (including phenoxy) is 1. The summed E-state index contributed by atoms with van der Waals surface area (Å²) < 4.78 is 5.07. The van der Waals surface area contributed by atoms with Crippen molar-refractivity contribution in [2.45, 2.75) is 0 Å². The first kappa shape index (κ1) is 14.0. The largest absolute Gasteiger partial charge is 0.507 e. The number of benzene rings is 2. The molecule has 0 heterocycles. The van der Waals surface area contributed by atoms with Crippen molar-refractivity contribution >= 4 is 40.8 Å². The van der Waals surface area contributed by atoms with Gasteiger partial charge in [-0.3, -0.25) is 0 Å². The Morgan fingerprint density at radius 3 is 2.32 bits per heavy atom. The van der Waals surface area contributed by atoms with Crippen molar-refractivity contribution in [2.75, 3.05) is 0 Å². The molecule has 6 heteroatoms. The van der Waals surface area contributed by atoms with Crippen molar-refractivity contribution in [2.24, 2.45) is 0 Å². The molecule has 19 heavy (non-hydrogen) atoms. The molecule has 0 saturated heterocycles. The highest BCUT2D eigenvalue weighted by atomic mass is 35.5. The predicted molar refractivity (Wildman–Crippen MR) is 74.5 cm³/mol. The molecule has 0 radical (unpaired) electrons. The van der Waals surface area contributed by atoms with Gasteiger partial charge in [0.25, 0.3) is 0 Å². The fourth-order valence-corrected chi connectivity index (χ4v) is 1.96. The minimum absolute atomic E-state index is 0.0321. The fraction of sp³-hybridized carbons (Fsp3) is 0. The maximum Gasteiger partial charge on any atom is 0.347 e. The van der Waals surface area contributed by atoms with Gasteiger partial charge in [-0.05, 0) is 18.2 Å². The third-order valence-electron chi connectivity index (χ3n) is 2.30. The summed E-state index contributed by atoms with van der Waals surface area (Å²) in [6.45, 7) is 0. The van der Waals surface area contributed by atoms with Crippen LogP contribution in [0.2, 0.25) is 15.1 Å². The Bertz CT molecular complexity index is 641. The molecule has 1 N–H and O–H groups in total. The van der Waals surface area contributed by atoms with E-state index in [1.807, 2.05) is 0 Å². The van der Waals surface area contributed by atoms with E-state index in [-0.39, 0.29) is 32.1 Å².